The van der Waals surface area contributed by atoms with E-state index in [0.29, 0.717) is 19.3 Å². The van der Waals surface area contributed by atoms with E-state index in [-0.39, 0.29) is 31.1 Å². The molecular weight excluding hydrogens is 829 g/mol. The first-order valence-corrected chi connectivity index (χ1v) is 29.5. The number of esters is 3. The molecule has 0 bridgehead atoms. The van der Waals surface area contributed by atoms with Gasteiger partial charge in [0.15, 0.2) is 6.10 Å². The highest BCUT2D eigenvalue weighted by Gasteiger charge is 2.19. The molecule has 392 valence electrons. The first-order chi connectivity index (χ1) is 33.0. The average Bonchev–Trinajstić information content (AvgIpc) is 3.33. The number of hydrogen-bond donors (Lipinski definition) is 0. The van der Waals surface area contributed by atoms with E-state index in [1.54, 1.807) is 0 Å². The van der Waals surface area contributed by atoms with Crippen molar-refractivity contribution in [3.05, 3.63) is 36.5 Å². The summed E-state index contributed by atoms with van der Waals surface area (Å²) in [5.74, 6) is -0.881. The number of ether oxygens (including phenoxy) is 3. The van der Waals surface area contributed by atoms with Crippen LogP contribution in [0.1, 0.15) is 316 Å². The fourth-order valence-corrected chi connectivity index (χ4v) is 8.65. The summed E-state index contributed by atoms with van der Waals surface area (Å²) in [7, 11) is 0. The zero-order valence-electron chi connectivity index (χ0n) is 44.9. The molecule has 0 aromatic heterocycles. The smallest absolute Gasteiger partial charge is 0.306 e. The van der Waals surface area contributed by atoms with Crippen molar-refractivity contribution in [2.75, 3.05) is 13.2 Å². The van der Waals surface area contributed by atoms with Crippen molar-refractivity contribution in [3.63, 3.8) is 0 Å². The van der Waals surface area contributed by atoms with Crippen molar-refractivity contribution >= 4 is 17.9 Å². The first kappa shape index (κ1) is 64.6. The van der Waals surface area contributed by atoms with Crippen molar-refractivity contribution in [3.8, 4) is 0 Å². The van der Waals surface area contributed by atoms with Crippen LogP contribution in [0.4, 0.5) is 0 Å². The van der Waals surface area contributed by atoms with Gasteiger partial charge in [-0.15, -0.1) is 0 Å². The second-order valence-electron chi connectivity index (χ2n) is 19.9. The molecule has 0 radical (unpaired) electrons. The Kier molecular flexibility index (Phi) is 54.2. The molecule has 0 amide bonds. The van der Waals surface area contributed by atoms with Gasteiger partial charge < -0.3 is 14.2 Å². The number of hydrogen-bond acceptors (Lipinski definition) is 6. The molecule has 0 fully saturated rings. The van der Waals surface area contributed by atoms with Gasteiger partial charge in [0.25, 0.3) is 0 Å². The summed E-state index contributed by atoms with van der Waals surface area (Å²) in [4.78, 5) is 37.7. The molecule has 0 aromatic rings. The van der Waals surface area contributed by atoms with Crippen LogP contribution >= 0.6 is 0 Å². The van der Waals surface area contributed by atoms with Crippen LogP contribution in [0.5, 0.6) is 0 Å². The maximum absolute atomic E-state index is 12.7. The standard InChI is InChI=1S/C61H112O6/c1-4-7-10-13-15-17-19-21-23-24-25-26-27-28-29-30-31-32-33-34-35-36-38-39-41-43-45-48-51-54-60(63)66-57-58(56-65-59(62)53-50-47-12-9-6-3)67-61(64)55-52-49-46-44-42-40-37-22-20-18-16-14-11-8-5-2/h19,21-22,24-25,37,58H,4-18,20,23,26-36,38-57H2,1-3H3/b21-19-,25-24-,37-22-. The summed E-state index contributed by atoms with van der Waals surface area (Å²) < 4.78 is 16.7. The summed E-state index contributed by atoms with van der Waals surface area (Å²) in [5, 5.41) is 0. The number of unbranched alkanes of at least 4 members (excludes halogenated alkanes) is 37. The Labute approximate surface area is 416 Å². The Hall–Kier alpha value is -2.37. The molecule has 0 rings (SSSR count). The zero-order valence-corrected chi connectivity index (χ0v) is 44.9. The summed E-state index contributed by atoms with van der Waals surface area (Å²) in [6, 6.07) is 0. The van der Waals surface area contributed by atoms with Gasteiger partial charge >= 0.3 is 17.9 Å². The van der Waals surface area contributed by atoms with E-state index >= 15 is 0 Å². The Morgan fingerprint density at radius 3 is 0.836 bits per heavy atom. The SMILES string of the molecule is CCCCCCC/C=C\C/C=C\CCCCCCCCCCCCCCCCCCCC(=O)OCC(COC(=O)CCCCCCC)OC(=O)CCCCCCC/C=C\CCCCCCCC. The number of carbonyl (C=O) groups excluding carboxylic acids is 3. The third-order valence-electron chi connectivity index (χ3n) is 13.1. The van der Waals surface area contributed by atoms with E-state index in [4.69, 9.17) is 14.2 Å². The fourth-order valence-electron chi connectivity index (χ4n) is 8.65. The highest BCUT2D eigenvalue weighted by atomic mass is 16.6. The van der Waals surface area contributed by atoms with Crippen LogP contribution in [0, 0.1) is 0 Å². The van der Waals surface area contributed by atoms with Crippen LogP contribution in [-0.4, -0.2) is 37.2 Å². The van der Waals surface area contributed by atoms with E-state index in [1.807, 2.05) is 0 Å². The molecule has 0 spiro atoms. The van der Waals surface area contributed by atoms with Gasteiger partial charge in [-0.1, -0.05) is 256 Å². The Morgan fingerprint density at radius 1 is 0.299 bits per heavy atom. The molecule has 0 heterocycles. The van der Waals surface area contributed by atoms with Crippen LogP contribution in [0.25, 0.3) is 0 Å². The zero-order chi connectivity index (χ0) is 48.6. The Balaban J connectivity index is 3.96. The minimum atomic E-state index is -0.770. The topological polar surface area (TPSA) is 78.9 Å². The van der Waals surface area contributed by atoms with Crippen LogP contribution in [0.2, 0.25) is 0 Å². The largest absolute Gasteiger partial charge is 0.462 e. The lowest BCUT2D eigenvalue weighted by Gasteiger charge is -2.18. The lowest BCUT2D eigenvalue weighted by Crippen LogP contribution is -2.30. The van der Waals surface area contributed by atoms with Gasteiger partial charge in [0, 0.05) is 19.3 Å². The van der Waals surface area contributed by atoms with Crippen LogP contribution < -0.4 is 0 Å². The molecule has 0 aromatic carbocycles. The summed E-state index contributed by atoms with van der Waals surface area (Å²) in [6.07, 6.45) is 67.7. The summed E-state index contributed by atoms with van der Waals surface area (Å²) in [6.45, 7) is 6.57. The predicted molar refractivity (Wildman–Crippen MR) is 289 cm³/mol. The molecule has 1 unspecified atom stereocenters. The van der Waals surface area contributed by atoms with E-state index in [1.165, 1.54) is 199 Å². The maximum Gasteiger partial charge on any atom is 0.306 e. The molecule has 6 heteroatoms. The van der Waals surface area contributed by atoms with Crippen molar-refractivity contribution in [1.82, 2.24) is 0 Å². The molecule has 6 nitrogen and oxygen atoms in total. The van der Waals surface area contributed by atoms with Gasteiger partial charge in [-0.25, -0.2) is 0 Å². The van der Waals surface area contributed by atoms with E-state index in [9.17, 15) is 14.4 Å². The number of rotatable bonds is 54. The van der Waals surface area contributed by atoms with Gasteiger partial charge in [-0.2, -0.15) is 0 Å². The maximum atomic E-state index is 12.7. The lowest BCUT2D eigenvalue weighted by molar-refractivity contribution is -0.167. The Morgan fingerprint density at radius 2 is 0.537 bits per heavy atom. The van der Waals surface area contributed by atoms with E-state index < -0.39 is 6.10 Å². The monoisotopic (exact) mass is 941 g/mol. The molecule has 0 aliphatic rings. The molecule has 1 atom stereocenters. The van der Waals surface area contributed by atoms with E-state index in [2.05, 4.69) is 57.2 Å². The molecule has 0 N–H and O–H groups in total. The number of allylic oxidation sites excluding steroid dienone is 6. The van der Waals surface area contributed by atoms with Crippen molar-refractivity contribution < 1.29 is 28.6 Å². The molecule has 67 heavy (non-hydrogen) atoms. The molecular formula is C61H112O6. The van der Waals surface area contributed by atoms with Crippen LogP contribution in [0.3, 0.4) is 0 Å². The van der Waals surface area contributed by atoms with Crippen molar-refractivity contribution in [2.24, 2.45) is 0 Å². The third kappa shape index (κ3) is 54.4. The van der Waals surface area contributed by atoms with Gasteiger partial charge in [0.1, 0.15) is 13.2 Å². The number of carbonyl (C=O) groups is 3. The van der Waals surface area contributed by atoms with Crippen LogP contribution in [-0.2, 0) is 28.6 Å². The lowest BCUT2D eigenvalue weighted by atomic mass is 10.0. The van der Waals surface area contributed by atoms with Crippen molar-refractivity contribution in [1.29, 1.82) is 0 Å². The van der Waals surface area contributed by atoms with Gasteiger partial charge in [0.05, 0.1) is 0 Å². The highest BCUT2D eigenvalue weighted by Crippen LogP contribution is 2.16. The fraction of sp³-hybridized carbons (Fsp3) is 0.852. The first-order valence-electron chi connectivity index (χ1n) is 29.5. The molecule has 0 aliphatic heterocycles. The van der Waals surface area contributed by atoms with Gasteiger partial charge in [-0.3, -0.25) is 14.4 Å². The van der Waals surface area contributed by atoms with E-state index in [0.717, 1.165) is 77.0 Å². The summed E-state index contributed by atoms with van der Waals surface area (Å²) in [5.41, 5.74) is 0. The minimum absolute atomic E-state index is 0.0724. The summed E-state index contributed by atoms with van der Waals surface area (Å²) >= 11 is 0. The normalized spacial score (nSPS) is 12.2. The third-order valence-corrected chi connectivity index (χ3v) is 13.1. The molecule has 0 saturated carbocycles. The second-order valence-corrected chi connectivity index (χ2v) is 19.9. The Bertz CT molecular complexity index is 1130. The average molecular weight is 942 g/mol. The quantitative estimate of drug-likeness (QED) is 0.0262. The molecule has 0 aliphatic carbocycles. The second kappa shape index (κ2) is 56.2. The van der Waals surface area contributed by atoms with Crippen LogP contribution in [0.15, 0.2) is 36.5 Å². The van der Waals surface area contributed by atoms with Gasteiger partial charge in [0.2, 0.25) is 0 Å². The van der Waals surface area contributed by atoms with Crippen molar-refractivity contribution in [2.45, 2.75) is 322 Å². The minimum Gasteiger partial charge on any atom is -0.462 e. The molecule has 0 saturated heterocycles. The highest BCUT2D eigenvalue weighted by molar-refractivity contribution is 5.71. The predicted octanol–water partition coefficient (Wildman–Crippen LogP) is 19.7. The van der Waals surface area contributed by atoms with Gasteiger partial charge in [-0.05, 0) is 77.0 Å².